The number of hydrogen-bond donors (Lipinski definition) is 1. The molecule has 0 saturated heterocycles. The van der Waals surface area contributed by atoms with Crippen LogP contribution in [0.4, 0.5) is 0 Å². The lowest BCUT2D eigenvalue weighted by atomic mass is 10.1. The molecule has 0 aliphatic carbocycles. The maximum absolute atomic E-state index is 12.3. The molecule has 0 amide bonds. The van der Waals surface area contributed by atoms with E-state index in [2.05, 4.69) is 14.8 Å². The first-order chi connectivity index (χ1) is 9.19. The van der Waals surface area contributed by atoms with Crippen LogP contribution in [0.5, 0.6) is 0 Å². The summed E-state index contributed by atoms with van der Waals surface area (Å²) in [7, 11) is -3.60. The van der Waals surface area contributed by atoms with Crippen molar-refractivity contribution in [2.75, 3.05) is 0 Å². The van der Waals surface area contributed by atoms with E-state index in [4.69, 9.17) is 0 Å². The maximum Gasteiger partial charge on any atom is 0.244 e. The van der Waals surface area contributed by atoms with Gasteiger partial charge in [-0.2, -0.15) is 5.10 Å². The lowest BCUT2D eigenvalue weighted by molar-refractivity contribution is 0.491. The maximum atomic E-state index is 12.3. The Morgan fingerprint density at radius 1 is 1.25 bits per heavy atom. The predicted octanol–water partition coefficient (Wildman–Crippen LogP) is 1.65. The van der Waals surface area contributed by atoms with E-state index < -0.39 is 15.6 Å². The van der Waals surface area contributed by atoms with Gasteiger partial charge in [0, 0.05) is 11.7 Å². The fourth-order valence-corrected chi connectivity index (χ4v) is 3.36. The highest BCUT2D eigenvalue weighted by Gasteiger charge is 2.26. The molecule has 6 nitrogen and oxygen atoms in total. The van der Waals surface area contributed by atoms with Gasteiger partial charge in [0.2, 0.25) is 10.0 Å². The molecule has 0 aromatic carbocycles. The van der Waals surface area contributed by atoms with E-state index in [0.29, 0.717) is 11.5 Å². The van der Waals surface area contributed by atoms with Gasteiger partial charge in [-0.25, -0.2) is 22.8 Å². The van der Waals surface area contributed by atoms with Crippen LogP contribution >= 0.6 is 0 Å². The first-order valence-corrected chi connectivity index (χ1v) is 7.69. The second-order valence-electron chi connectivity index (χ2n) is 5.57. The largest absolute Gasteiger partial charge is 0.244 e. The third-order valence-corrected chi connectivity index (χ3v) is 4.33. The second-order valence-corrected chi connectivity index (χ2v) is 7.22. The third kappa shape index (κ3) is 3.23. The van der Waals surface area contributed by atoms with Gasteiger partial charge in [-0.15, -0.1) is 0 Å². The van der Waals surface area contributed by atoms with Crippen LogP contribution < -0.4 is 4.72 Å². The zero-order valence-electron chi connectivity index (χ0n) is 12.0. The molecule has 0 radical (unpaired) electrons. The van der Waals surface area contributed by atoms with Gasteiger partial charge in [-0.1, -0.05) is 6.07 Å². The number of nitrogens with one attached hydrogen (secondary N) is 1. The van der Waals surface area contributed by atoms with Gasteiger partial charge in [0.15, 0.2) is 5.82 Å². The summed E-state index contributed by atoms with van der Waals surface area (Å²) in [5.74, 6) is 0.577. The molecule has 0 fully saturated rings. The van der Waals surface area contributed by atoms with E-state index in [0.717, 1.165) is 0 Å². The fourth-order valence-electron chi connectivity index (χ4n) is 1.77. The van der Waals surface area contributed by atoms with Crippen LogP contribution in [0.3, 0.4) is 0 Å². The highest BCUT2D eigenvalue weighted by molar-refractivity contribution is 7.89. The highest BCUT2D eigenvalue weighted by atomic mass is 32.2. The Morgan fingerprint density at radius 2 is 1.95 bits per heavy atom. The summed E-state index contributed by atoms with van der Waals surface area (Å²) in [5, 5.41) is 4.21. The van der Waals surface area contributed by atoms with Gasteiger partial charge in [0.1, 0.15) is 4.90 Å². The van der Waals surface area contributed by atoms with Crippen LogP contribution in [0.15, 0.2) is 35.5 Å². The van der Waals surface area contributed by atoms with Crippen molar-refractivity contribution in [1.82, 2.24) is 19.5 Å². The van der Waals surface area contributed by atoms with Gasteiger partial charge in [0.05, 0.1) is 11.9 Å². The molecular formula is C13H18N4O2S. The summed E-state index contributed by atoms with van der Waals surface area (Å²) in [4.78, 5) is 4.31. The van der Waals surface area contributed by atoms with Crippen molar-refractivity contribution in [3.8, 4) is 5.82 Å². The number of rotatable bonds is 3. The molecule has 2 rings (SSSR count). The van der Waals surface area contributed by atoms with Crippen molar-refractivity contribution < 1.29 is 8.42 Å². The van der Waals surface area contributed by atoms with Crippen LogP contribution in [0.2, 0.25) is 0 Å². The summed E-state index contributed by atoms with van der Waals surface area (Å²) in [6, 6.07) is 5.37. The Kier molecular flexibility index (Phi) is 3.66. The average Bonchev–Trinajstić information content (AvgIpc) is 2.70. The number of hydrogen-bond acceptors (Lipinski definition) is 4. The number of aromatic nitrogens is 3. The summed E-state index contributed by atoms with van der Waals surface area (Å²) >= 11 is 0. The van der Waals surface area contributed by atoms with Crippen LogP contribution in [-0.4, -0.2) is 28.7 Å². The Bertz CT molecular complexity index is 700. The molecule has 2 aromatic rings. The van der Waals surface area contributed by atoms with Gasteiger partial charge >= 0.3 is 0 Å². The molecule has 2 aromatic heterocycles. The van der Waals surface area contributed by atoms with Crippen LogP contribution in [0.25, 0.3) is 5.82 Å². The van der Waals surface area contributed by atoms with Crippen LogP contribution in [0.1, 0.15) is 26.5 Å². The summed E-state index contributed by atoms with van der Waals surface area (Å²) in [5.41, 5.74) is -0.106. The van der Waals surface area contributed by atoms with Crippen molar-refractivity contribution in [1.29, 1.82) is 0 Å². The second kappa shape index (κ2) is 4.99. The first-order valence-electron chi connectivity index (χ1n) is 6.21. The molecule has 108 valence electrons. The predicted molar refractivity (Wildman–Crippen MR) is 76.2 cm³/mol. The minimum atomic E-state index is -3.60. The minimum absolute atomic E-state index is 0.165. The molecule has 20 heavy (non-hydrogen) atoms. The molecule has 0 spiro atoms. The Balaban J connectivity index is 2.43. The van der Waals surface area contributed by atoms with Gasteiger partial charge in [0.25, 0.3) is 0 Å². The van der Waals surface area contributed by atoms with Crippen molar-refractivity contribution >= 4 is 10.0 Å². The van der Waals surface area contributed by atoms with Gasteiger partial charge < -0.3 is 0 Å². The quantitative estimate of drug-likeness (QED) is 0.934. The van der Waals surface area contributed by atoms with E-state index in [1.54, 1.807) is 46.0 Å². The third-order valence-electron chi connectivity index (χ3n) is 2.47. The molecule has 1 N–H and O–H groups in total. The molecule has 0 bridgehead atoms. The molecule has 0 aliphatic rings. The minimum Gasteiger partial charge on any atom is -0.237 e. The van der Waals surface area contributed by atoms with Crippen LogP contribution in [0, 0.1) is 6.92 Å². The lowest BCUT2D eigenvalue weighted by Crippen LogP contribution is -2.40. The molecule has 7 heteroatoms. The SMILES string of the molecule is Cc1nn(-c2ccccn2)cc1S(=O)(=O)NC(C)(C)C. The van der Waals surface area contributed by atoms with E-state index in [1.807, 2.05) is 6.07 Å². The first kappa shape index (κ1) is 14.7. The van der Waals surface area contributed by atoms with E-state index >= 15 is 0 Å². The van der Waals surface area contributed by atoms with Gasteiger partial charge in [-0.05, 0) is 39.8 Å². The fraction of sp³-hybridized carbons (Fsp3) is 0.385. The van der Waals surface area contributed by atoms with Crippen LogP contribution in [-0.2, 0) is 10.0 Å². The smallest absolute Gasteiger partial charge is 0.237 e. The van der Waals surface area contributed by atoms with Crippen molar-refractivity contribution in [3.63, 3.8) is 0 Å². The highest BCUT2D eigenvalue weighted by Crippen LogP contribution is 2.17. The summed E-state index contributed by atoms with van der Waals surface area (Å²) in [6.07, 6.45) is 3.11. The summed E-state index contributed by atoms with van der Waals surface area (Å²) < 4.78 is 28.7. The van der Waals surface area contributed by atoms with Crippen molar-refractivity contribution in [2.45, 2.75) is 38.1 Å². The monoisotopic (exact) mass is 294 g/mol. The normalized spacial score (nSPS) is 12.6. The number of aryl methyl sites for hydroxylation is 1. The average molecular weight is 294 g/mol. The molecule has 0 saturated carbocycles. The molecular weight excluding hydrogens is 276 g/mol. The Labute approximate surface area is 118 Å². The molecule has 0 atom stereocenters. The number of sulfonamides is 1. The lowest BCUT2D eigenvalue weighted by Gasteiger charge is -2.19. The zero-order valence-corrected chi connectivity index (χ0v) is 12.8. The Hall–Kier alpha value is -1.73. The molecule has 2 heterocycles. The van der Waals surface area contributed by atoms with Crippen molar-refractivity contribution in [2.24, 2.45) is 0 Å². The number of nitrogens with zero attached hydrogens (tertiary/aromatic N) is 3. The van der Waals surface area contributed by atoms with E-state index in [9.17, 15) is 8.42 Å². The van der Waals surface area contributed by atoms with Gasteiger partial charge in [-0.3, -0.25) is 0 Å². The molecule has 0 aliphatic heterocycles. The summed E-state index contributed by atoms with van der Waals surface area (Å²) in [6.45, 7) is 7.05. The van der Waals surface area contributed by atoms with Crippen molar-refractivity contribution in [3.05, 3.63) is 36.3 Å². The molecule has 0 unspecified atom stereocenters. The van der Waals surface area contributed by atoms with E-state index in [-0.39, 0.29) is 4.90 Å². The topological polar surface area (TPSA) is 76.9 Å². The Morgan fingerprint density at radius 3 is 2.50 bits per heavy atom. The van der Waals surface area contributed by atoms with E-state index in [1.165, 1.54) is 10.9 Å². The standard InChI is InChI=1S/C13H18N4O2S/c1-10-11(20(18,19)16-13(2,3)4)9-17(15-10)12-7-5-6-8-14-12/h5-9,16H,1-4H3. The number of pyridine rings is 1. The zero-order chi connectivity index (χ0) is 15.0.